The number of para-hydroxylation sites is 1. The fraction of sp³-hybridized carbons (Fsp3) is 0.350. The smallest absolute Gasteiger partial charge is 0.309 e. The molecule has 1 aliphatic carbocycles. The van der Waals surface area contributed by atoms with Crippen LogP contribution in [0, 0.1) is 11.8 Å². The van der Waals surface area contributed by atoms with Crippen molar-refractivity contribution in [3.05, 3.63) is 54.0 Å². The Kier molecular flexibility index (Phi) is 5.59. The van der Waals surface area contributed by atoms with Gasteiger partial charge in [0.15, 0.2) is 6.61 Å². The van der Waals surface area contributed by atoms with E-state index in [1.807, 2.05) is 6.92 Å². The van der Waals surface area contributed by atoms with E-state index in [0.29, 0.717) is 22.9 Å². The van der Waals surface area contributed by atoms with E-state index >= 15 is 0 Å². The fourth-order valence-corrected chi connectivity index (χ4v) is 2.76. The minimum absolute atomic E-state index is 0.0947. The average Bonchev–Trinajstić information content (AvgIpc) is 3.19. The topological polar surface area (TPSA) is 88.9 Å². The molecule has 1 heterocycles. The molecule has 7 heteroatoms. The summed E-state index contributed by atoms with van der Waals surface area (Å²) < 4.78 is 10.3. The first kappa shape index (κ1) is 18.7. The van der Waals surface area contributed by atoms with Gasteiger partial charge in [-0.25, -0.2) is 0 Å². The van der Waals surface area contributed by atoms with Gasteiger partial charge < -0.3 is 19.4 Å². The van der Waals surface area contributed by atoms with Crippen molar-refractivity contribution in [3.63, 3.8) is 0 Å². The Hall–Kier alpha value is -3.09. The van der Waals surface area contributed by atoms with Gasteiger partial charge in [-0.05, 0) is 36.6 Å². The molecule has 1 aromatic carbocycles. The van der Waals surface area contributed by atoms with Gasteiger partial charge in [0.2, 0.25) is 0 Å². The minimum Gasteiger partial charge on any atom is -0.467 e. The molecule has 142 valence electrons. The van der Waals surface area contributed by atoms with E-state index in [4.69, 9.17) is 9.15 Å². The number of likely N-dealkylation sites (N-methyl/N-ethyl adjacent to an activating group) is 1. The highest BCUT2D eigenvalue weighted by Gasteiger charge is 2.40. The maximum atomic E-state index is 12.5. The predicted molar refractivity (Wildman–Crippen MR) is 98.0 cm³/mol. The Balaban J connectivity index is 1.62. The minimum atomic E-state index is -0.400. The Labute approximate surface area is 157 Å². The molecule has 1 aromatic heterocycles. The quantitative estimate of drug-likeness (QED) is 0.756. The highest BCUT2D eigenvalue weighted by molar-refractivity contribution is 6.05. The Bertz CT molecular complexity index is 831. The second-order valence-corrected chi connectivity index (χ2v) is 6.66. The summed E-state index contributed by atoms with van der Waals surface area (Å²) in [7, 11) is 1.55. The summed E-state index contributed by atoms with van der Waals surface area (Å²) in [4.78, 5) is 38.0. The fourth-order valence-electron chi connectivity index (χ4n) is 2.76. The molecule has 0 bridgehead atoms. The second-order valence-electron chi connectivity index (χ2n) is 6.66. The molecular weight excluding hydrogens is 348 g/mol. The molecule has 0 aliphatic heterocycles. The molecule has 0 spiro atoms. The van der Waals surface area contributed by atoms with Crippen molar-refractivity contribution in [1.29, 1.82) is 0 Å². The molecule has 27 heavy (non-hydrogen) atoms. The first-order valence-corrected chi connectivity index (χ1v) is 8.80. The van der Waals surface area contributed by atoms with Crippen LogP contribution in [-0.2, 0) is 20.9 Å². The van der Waals surface area contributed by atoms with Gasteiger partial charge in [-0.3, -0.25) is 14.4 Å². The maximum Gasteiger partial charge on any atom is 0.309 e. The maximum absolute atomic E-state index is 12.5. The number of nitrogens with one attached hydrogen (secondary N) is 1. The molecule has 3 rings (SSSR count). The zero-order chi connectivity index (χ0) is 19.4. The molecule has 1 aliphatic rings. The van der Waals surface area contributed by atoms with Crippen LogP contribution in [0.1, 0.15) is 29.5 Å². The van der Waals surface area contributed by atoms with Crippen LogP contribution in [0.3, 0.4) is 0 Å². The van der Waals surface area contributed by atoms with Crippen molar-refractivity contribution in [2.45, 2.75) is 19.9 Å². The van der Waals surface area contributed by atoms with Gasteiger partial charge >= 0.3 is 5.97 Å². The van der Waals surface area contributed by atoms with Gasteiger partial charge in [0.25, 0.3) is 11.8 Å². The highest BCUT2D eigenvalue weighted by Crippen LogP contribution is 2.38. The number of carbonyl (C=O) groups is 3. The summed E-state index contributed by atoms with van der Waals surface area (Å²) in [6, 6.07) is 10.3. The van der Waals surface area contributed by atoms with Crippen molar-refractivity contribution in [3.8, 4) is 0 Å². The van der Waals surface area contributed by atoms with Gasteiger partial charge in [0.05, 0.1) is 30.0 Å². The van der Waals surface area contributed by atoms with Crippen LogP contribution < -0.4 is 10.2 Å². The lowest BCUT2D eigenvalue weighted by molar-refractivity contribution is -0.149. The number of nitrogens with zero attached hydrogens (tertiary/aromatic N) is 1. The van der Waals surface area contributed by atoms with Crippen LogP contribution in [-0.4, -0.2) is 31.4 Å². The van der Waals surface area contributed by atoms with Gasteiger partial charge in [-0.2, -0.15) is 0 Å². The first-order valence-electron chi connectivity index (χ1n) is 8.80. The molecule has 2 unspecified atom stereocenters. The van der Waals surface area contributed by atoms with Crippen molar-refractivity contribution in [2.24, 2.45) is 11.8 Å². The monoisotopic (exact) mass is 370 g/mol. The standard InChI is InChI=1S/C20H22N2O5/c1-13-10-16(13)20(25)27-12-18(23)22(2)17-8-4-3-7-15(17)19(24)21-11-14-6-5-9-26-14/h3-9,13,16H,10-12H2,1-2H3,(H,21,24). The zero-order valence-corrected chi connectivity index (χ0v) is 15.3. The normalized spacial score (nSPS) is 17.9. The van der Waals surface area contributed by atoms with E-state index in [1.54, 1.807) is 43.4 Å². The summed E-state index contributed by atoms with van der Waals surface area (Å²) in [6.45, 7) is 1.87. The molecule has 7 nitrogen and oxygen atoms in total. The SMILES string of the molecule is CC1CC1C(=O)OCC(=O)N(C)c1ccccc1C(=O)NCc1ccco1. The summed E-state index contributed by atoms with van der Waals surface area (Å²) in [5.74, 6) is -0.208. The number of hydrogen-bond donors (Lipinski definition) is 1. The van der Waals surface area contributed by atoms with Crippen molar-refractivity contribution < 1.29 is 23.5 Å². The Morgan fingerprint density at radius 3 is 2.63 bits per heavy atom. The van der Waals surface area contributed by atoms with Crippen molar-refractivity contribution in [1.82, 2.24) is 5.32 Å². The van der Waals surface area contributed by atoms with E-state index in [9.17, 15) is 14.4 Å². The average molecular weight is 370 g/mol. The molecule has 1 N–H and O–H groups in total. The largest absolute Gasteiger partial charge is 0.467 e. The third-order valence-electron chi connectivity index (χ3n) is 4.64. The van der Waals surface area contributed by atoms with Gasteiger partial charge in [0.1, 0.15) is 5.76 Å². The van der Waals surface area contributed by atoms with Crippen LogP contribution >= 0.6 is 0 Å². The Morgan fingerprint density at radius 1 is 1.22 bits per heavy atom. The number of furan rings is 1. The van der Waals surface area contributed by atoms with Crippen LogP contribution in [0.5, 0.6) is 0 Å². The molecule has 2 atom stereocenters. The number of hydrogen-bond acceptors (Lipinski definition) is 5. The number of esters is 1. The lowest BCUT2D eigenvalue weighted by Gasteiger charge is -2.20. The van der Waals surface area contributed by atoms with Crippen LogP contribution in [0.4, 0.5) is 5.69 Å². The van der Waals surface area contributed by atoms with Gasteiger partial charge in [-0.15, -0.1) is 0 Å². The number of carbonyl (C=O) groups excluding carboxylic acids is 3. The number of anilines is 1. The number of rotatable bonds is 7. The summed E-state index contributed by atoms with van der Waals surface area (Å²) in [5, 5.41) is 2.76. The molecule has 0 radical (unpaired) electrons. The molecule has 1 fully saturated rings. The predicted octanol–water partition coefficient (Wildman–Crippen LogP) is 2.37. The summed E-state index contributed by atoms with van der Waals surface area (Å²) in [5.41, 5.74) is 0.789. The first-order chi connectivity index (χ1) is 13.0. The van der Waals surface area contributed by atoms with E-state index in [-0.39, 0.29) is 30.9 Å². The molecule has 2 amide bonds. The molecular formula is C20H22N2O5. The third-order valence-corrected chi connectivity index (χ3v) is 4.64. The van der Waals surface area contributed by atoms with Gasteiger partial charge in [-0.1, -0.05) is 19.1 Å². The second kappa shape index (κ2) is 8.07. The molecule has 1 saturated carbocycles. The number of amides is 2. The molecule has 0 saturated heterocycles. The lowest BCUT2D eigenvalue weighted by atomic mass is 10.1. The van der Waals surface area contributed by atoms with Crippen LogP contribution in [0.15, 0.2) is 47.1 Å². The van der Waals surface area contributed by atoms with Crippen molar-refractivity contribution >= 4 is 23.5 Å². The lowest BCUT2D eigenvalue weighted by Crippen LogP contribution is -2.33. The molecule has 2 aromatic rings. The zero-order valence-electron chi connectivity index (χ0n) is 15.3. The summed E-state index contributed by atoms with van der Waals surface area (Å²) in [6.07, 6.45) is 2.34. The highest BCUT2D eigenvalue weighted by atomic mass is 16.5. The summed E-state index contributed by atoms with van der Waals surface area (Å²) >= 11 is 0. The van der Waals surface area contributed by atoms with Crippen LogP contribution in [0.25, 0.3) is 0 Å². The van der Waals surface area contributed by atoms with E-state index < -0.39 is 5.91 Å². The number of benzene rings is 1. The number of ether oxygens (including phenoxy) is 1. The van der Waals surface area contributed by atoms with E-state index in [0.717, 1.165) is 6.42 Å². The van der Waals surface area contributed by atoms with E-state index in [2.05, 4.69) is 5.32 Å². The van der Waals surface area contributed by atoms with Crippen LogP contribution in [0.2, 0.25) is 0 Å². The van der Waals surface area contributed by atoms with E-state index in [1.165, 1.54) is 11.2 Å². The Morgan fingerprint density at radius 2 is 1.96 bits per heavy atom. The van der Waals surface area contributed by atoms with Crippen molar-refractivity contribution in [2.75, 3.05) is 18.6 Å². The third kappa shape index (κ3) is 4.55. The van der Waals surface area contributed by atoms with Gasteiger partial charge in [0, 0.05) is 7.05 Å².